The fraction of sp³-hybridized carbons (Fsp3) is 0. The largest absolute Gasteiger partial charge is 0.262 e. The van der Waals surface area contributed by atoms with Gasteiger partial charge in [-0.3, -0.25) is 0 Å². The first-order valence-corrected chi connectivity index (χ1v) is 2.65. The van der Waals surface area contributed by atoms with Gasteiger partial charge >= 0.3 is 0 Å². The van der Waals surface area contributed by atoms with Gasteiger partial charge in [0.05, 0.1) is 22.9 Å². The molecule has 0 aliphatic rings. The minimum atomic E-state index is 0.214. The third-order valence-corrected chi connectivity index (χ3v) is 1.18. The number of rotatable bonds is 0. The van der Waals surface area contributed by atoms with Crippen LogP contribution in [0.25, 0.3) is 0 Å². The molecule has 0 N–H and O–H groups in total. The Bertz CT molecular complexity index is 221. The summed E-state index contributed by atoms with van der Waals surface area (Å²) in [6, 6.07) is 1.79. The predicted octanol–water partition coefficient (Wildman–Crippen LogP) is -0.257. The first kappa shape index (κ1) is 5.43. The van der Waals surface area contributed by atoms with Crippen molar-refractivity contribution in [1.29, 1.82) is 5.26 Å². The standard InChI is InChI=1S/C2IN5/c3-8-2(1-4)5-6-7-8. The zero-order valence-electron chi connectivity index (χ0n) is 3.61. The van der Waals surface area contributed by atoms with Crippen LogP contribution in [0, 0.1) is 11.3 Å². The summed E-state index contributed by atoms with van der Waals surface area (Å²) in [5, 5.41) is 18.2. The van der Waals surface area contributed by atoms with Crippen molar-refractivity contribution in [3.05, 3.63) is 5.82 Å². The molecule has 0 amide bonds. The molecule has 1 aromatic rings. The van der Waals surface area contributed by atoms with Gasteiger partial charge in [0.15, 0.2) is 0 Å². The monoisotopic (exact) mass is 221 g/mol. The number of aromatic nitrogens is 4. The summed E-state index contributed by atoms with van der Waals surface area (Å²) < 4.78 is 1.28. The van der Waals surface area contributed by atoms with Gasteiger partial charge in [0, 0.05) is 0 Å². The normalized spacial score (nSPS) is 8.50. The molecule has 1 rings (SSSR count). The van der Waals surface area contributed by atoms with Crippen molar-refractivity contribution in [2.45, 2.75) is 0 Å². The van der Waals surface area contributed by atoms with Gasteiger partial charge in [0.1, 0.15) is 6.07 Å². The number of nitriles is 1. The molecular formula is C2IN5. The maximum Gasteiger partial charge on any atom is 0.262 e. The summed E-state index contributed by atoms with van der Waals surface area (Å²) in [5.41, 5.74) is 0. The molecule has 5 nitrogen and oxygen atoms in total. The van der Waals surface area contributed by atoms with E-state index in [0.29, 0.717) is 0 Å². The molecule has 0 saturated carbocycles. The lowest BCUT2D eigenvalue weighted by molar-refractivity contribution is 0.870. The predicted molar refractivity (Wildman–Crippen MR) is 31.9 cm³/mol. The lowest BCUT2D eigenvalue weighted by Gasteiger charge is -1.75. The van der Waals surface area contributed by atoms with Crippen molar-refractivity contribution < 1.29 is 0 Å². The molecule has 0 aliphatic carbocycles. The topological polar surface area (TPSA) is 67.4 Å². The molecule has 0 radical (unpaired) electrons. The van der Waals surface area contributed by atoms with Gasteiger partial charge in [0.25, 0.3) is 5.82 Å². The van der Waals surface area contributed by atoms with Gasteiger partial charge in [-0.15, -0.1) is 0 Å². The van der Waals surface area contributed by atoms with Crippen LogP contribution in [0.4, 0.5) is 0 Å². The van der Waals surface area contributed by atoms with E-state index < -0.39 is 0 Å². The molecule has 6 heteroatoms. The smallest absolute Gasteiger partial charge is 0.189 e. The fourth-order valence-electron chi connectivity index (χ4n) is 0.240. The Morgan fingerprint density at radius 1 is 1.75 bits per heavy atom. The van der Waals surface area contributed by atoms with Crippen LogP contribution in [0.5, 0.6) is 0 Å². The first-order chi connectivity index (χ1) is 3.84. The average molecular weight is 221 g/mol. The van der Waals surface area contributed by atoms with Gasteiger partial charge < -0.3 is 0 Å². The Kier molecular flexibility index (Phi) is 1.38. The Labute approximate surface area is 58.8 Å². The second-order valence-corrected chi connectivity index (χ2v) is 1.89. The molecule has 1 heterocycles. The highest BCUT2D eigenvalue weighted by atomic mass is 127. The third-order valence-electron chi connectivity index (χ3n) is 0.533. The Hall–Kier alpha value is -0.710. The summed E-state index contributed by atoms with van der Waals surface area (Å²) in [5.74, 6) is 0.214. The lowest BCUT2D eigenvalue weighted by atomic mass is 10.7. The van der Waals surface area contributed by atoms with E-state index in [0.717, 1.165) is 0 Å². The highest BCUT2D eigenvalue weighted by molar-refractivity contribution is 14.1. The molecule has 0 aliphatic heterocycles. The Morgan fingerprint density at radius 2 is 2.50 bits per heavy atom. The maximum absolute atomic E-state index is 8.19. The van der Waals surface area contributed by atoms with E-state index in [1.54, 1.807) is 6.07 Å². The number of tetrazole rings is 1. The average Bonchev–Trinajstić information content (AvgIpc) is 2.14. The zero-order valence-corrected chi connectivity index (χ0v) is 5.77. The molecule has 0 fully saturated rings. The van der Waals surface area contributed by atoms with E-state index in [-0.39, 0.29) is 5.82 Å². The minimum Gasteiger partial charge on any atom is -0.189 e. The van der Waals surface area contributed by atoms with Crippen LogP contribution >= 0.6 is 22.9 Å². The van der Waals surface area contributed by atoms with Gasteiger partial charge in [0.2, 0.25) is 0 Å². The lowest BCUT2D eigenvalue weighted by Crippen LogP contribution is -1.84. The SMILES string of the molecule is N#Cc1nnnn1I. The van der Waals surface area contributed by atoms with Crippen LogP contribution in [0.1, 0.15) is 5.82 Å². The van der Waals surface area contributed by atoms with Crippen LogP contribution < -0.4 is 0 Å². The number of nitrogens with zero attached hydrogens (tertiary/aromatic N) is 5. The molecule has 0 aromatic carbocycles. The van der Waals surface area contributed by atoms with Crippen molar-refractivity contribution in [2.24, 2.45) is 0 Å². The van der Waals surface area contributed by atoms with Crippen LogP contribution in [0.2, 0.25) is 0 Å². The summed E-state index contributed by atoms with van der Waals surface area (Å²) in [6.07, 6.45) is 0. The number of halogens is 1. The van der Waals surface area contributed by atoms with Crippen molar-refractivity contribution in [2.75, 3.05) is 0 Å². The summed E-state index contributed by atoms with van der Waals surface area (Å²) in [6.45, 7) is 0. The van der Waals surface area contributed by atoms with E-state index in [4.69, 9.17) is 5.26 Å². The van der Waals surface area contributed by atoms with Crippen molar-refractivity contribution in [3.8, 4) is 6.07 Å². The molecular weight excluding hydrogens is 221 g/mol. The van der Waals surface area contributed by atoms with Crippen LogP contribution in [-0.2, 0) is 0 Å². The quantitative estimate of drug-likeness (QED) is 0.566. The molecule has 0 atom stereocenters. The van der Waals surface area contributed by atoms with Crippen molar-refractivity contribution in [3.63, 3.8) is 0 Å². The molecule has 8 heavy (non-hydrogen) atoms. The Balaban J connectivity index is 3.15. The van der Waals surface area contributed by atoms with E-state index in [2.05, 4.69) is 15.5 Å². The third kappa shape index (κ3) is 0.764. The summed E-state index contributed by atoms with van der Waals surface area (Å²) in [4.78, 5) is 0. The van der Waals surface area contributed by atoms with Gasteiger partial charge in [-0.2, -0.15) is 8.16 Å². The first-order valence-electron chi connectivity index (χ1n) is 1.69. The van der Waals surface area contributed by atoms with Gasteiger partial charge in [-0.05, 0) is 10.4 Å². The molecule has 0 spiro atoms. The molecule has 0 unspecified atom stereocenters. The molecule has 0 saturated heterocycles. The van der Waals surface area contributed by atoms with E-state index in [1.165, 1.54) is 2.90 Å². The van der Waals surface area contributed by atoms with Crippen LogP contribution in [0.3, 0.4) is 0 Å². The molecule has 0 bridgehead atoms. The second-order valence-electron chi connectivity index (χ2n) is 0.974. The van der Waals surface area contributed by atoms with Crippen molar-refractivity contribution >= 4 is 22.9 Å². The minimum absolute atomic E-state index is 0.214. The summed E-state index contributed by atoms with van der Waals surface area (Å²) >= 11 is 1.81. The molecule has 1 aromatic heterocycles. The van der Waals surface area contributed by atoms with E-state index in [9.17, 15) is 0 Å². The van der Waals surface area contributed by atoms with E-state index in [1.807, 2.05) is 22.9 Å². The summed E-state index contributed by atoms with van der Waals surface area (Å²) in [7, 11) is 0. The van der Waals surface area contributed by atoms with Gasteiger partial charge in [-0.25, -0.2) is 0 Å². The number of hydrogen-bond acceptors (Lipinski definition) is 4. The second kappa shape index (κ2) is 2.04. The van der Waals surface area contributed by atoms with Crippen LogP contribution in [-0.4, -0.2) is 18.4 Å². The molecule has 40 valence electrons. The Morgan fingerprint density at radius 3 is 2.75 bits per heavy atom. The number of hydrogen-bond donors (Lipinski definition) is 0. The maximum atomic E-state index is 8.19. The van der Waals surface area contributed by atoms with Gasteiger partial charge in [-0.1, -0.05) is 5.10 Å². The zero-order chi connectivity index (χ0) is 5.98. The fourth-order valence-corrected chi connectivity index (χ4v) is 0.531. The van der Waals surface area contributed by atoms with E-state index >= 15 is 0 Å². The highest BCUT2D eigenvalue weighted by Crippen LogP contribution is 1.91. The van der Waals surface area contributed by atoms with Crippen molar-refractivity contribution in [1.82, 2.24) is 18.4 Å². The highest BCUT2D eigenvalue weighted by Gasteiger charge is 1.96. The van der Waals surface area contributed by atoms with Crippen LogP contribution in [0.15, 0.2) is 0 Å².